The molecule has 23 heavy (non-hydrogen) atoms. The van der Waals surface area contributed by atoms with Crippen LogP contribution in [0.1, 0.15) is 35.2 Å². The van der Waals surface area contributed by atoms with Crippen molar-refractivity contribution < 1.29 is 14.3 Å². The van der Waals surface area contributed by atoms with Gasteiger partial charge < -0.3 is 14.5 Å². The molecule has 0 aromatic heterocycles. The highest BCUT2D eigenvalue weighted by Crippen LogP contribution is 2.22. The molecule has 2 heterocycles. The lowest BCUT2D eigenvalue weighted by Gasteiger charge is -2.38. The van der Waals surface area contributed by atoms with Gasteiger partial charge in [-0.05, 0) is 38.3 Å². The Morgan fingerprint density at radius 1 is 1.13 bits per heavy atom. The molecule has 2 amide bonds. The number of carbonyl (C=O) groups is 2. The Morgan fingerprint density at radius 2 is 1.91 bits per heavy atom. The highest BCUT2D eigenvalue weighted by Gasteiger charge is 2.35. The highest BCUT2D eigenvalue weighted by molar-refractivity contribution is 5.97. The fourth-order valence-corrected chi connectivity index (χ4v) is 3.37. The summed E-state index contributed by atoms with van der Waals surface area (Å²) in [5, 5.41) is 0. The van der Waals surface area contributed by atoms with Crippen LogP contribution in [0.2, 0.25) is 0 Å². The van der Waals surface area contributed by atoms with E-state index in [0.717, 1.165) is 24.8 Å². The van der Waals surface area contributed by atoms with E-state index in [-0.39, 0.29) is 17.9 Å². The molecule has 124 valence electrons. The second kappa shape index (κ2) is 7.13. The molecule has 0 aliphatic carbocycles. The summed E-state index contributed by atoms with van der Waals surface area (Å²) in [5.41, 5.74) is 1.73. The molecule has 1 aromatic carbocycles. The van der Waals surface area contributed by atoms with Crippen molar-refractivity contribution in [2.75, 3.05) is 32.8 Å². The first-order valence-electron chi connectivity index (χ1n) is 8.41. The normalized spacial score (nSPS) is 22.0. The first-order valence-corrected chi connectivity index (χ1v) is 8.41. The van der Waals surface area contributed by atoms with Crippen molar-refractivity contribution in [3.63, 3.8) is 0 Å². The van der Waals surface area contributed by atoms with Crippen molar-refractivity contribution in [3.05, 3.63) is 35.4 Å². The monoisotopic (exact) mass is 316 g/mol. The second-order valence-electron chi connectivity index (χ2n) is 6.32. The quantitative estimate of drug-likeness (QED) is 0.837. The summed E-state index contributed by atoms with van der Waals surface area (Å²) in [6.45, 7) is 5.06. The third kappa shape index (κ3) is 3.55. The highest BCUT2D eigenvalue weighted by atomic mass is 16.5. The van der Waals surface area contributed by atoms with Gasteiger partial charge in [0, 0.05) is 25.2 Å². The number of carbonyl (C=O) groups excluding carboxylic acids is 2. The van der Waals surface area contributed by atoms with E-state index in [1.165, 1.54) is 0 Å². The number of hydrogen-bond donors (Lipinski definition) is 0. The minimum Gasteiger partial charge on any atom is -0.378 e. The first-order chi connectivity index (χ1) is 11.2. The van der Waals surface area contributed by atoms with E-state index >= 15 is 0 Å². The van der Waals surface area contributed by atoms with Crippen LogP contribution in [0, 0.1) is 6.92 Å². The van der Waals surface area contributed by atoms with E-state index in [0.29, 0.717) is 38.4 Å². The molecule has 0 bridgehead atoms. The summed E-state index contributed by atoms with van der Waals surface area (Å²) in [5.74, 6) is 0.0500. The number of amides is 2. The van der Waals surface area contributed by atoms with E-state index in [2.05, 4.69) is 0 Å². The van der Waals surface area contributed by atoms with E-state index < -0.39 is 0 Å². The van der Waals surface area contributed by atoms with Crippen LogP contribution in [0.3, 0.4) is 0 Å². The first kappa shape index (κ1) is 16.0. The van der Waals surface area contributed by atoms with Crippen molar-refractivity contribution in [1.82, 2.24) is 9.80 Å². The number of nitrogens with zero attached hydrogens (tertiary/aromatic N) is 2. The zero-order valence-electron chi connectivity index (χ0n) is 13.7. The molecule has 2 aliphatic heterocycles. The van der Waals surface area contributed by atoms with Crippen molar-refractivity contribution in [2.45, 2.75) is 32.2 Å². The predicted octanol–water partition coefficient (Wildman–Crippen LogP) is 1.85. The number of benzene rings is 1. The van der Waals surface area contributed by atoms with Gasteiger partial charge in [0.2, 0.25) is 5.91 Å². The Labute approximate surface area is 137 Å². The predicted molar refractivity (Wildman–Crippen MR) is 87.3 cm³/mol. The van der Waals surface area contributed by atoms with Crippen molar-refractivity contribution in [3.8, 4) is 0 Å². The summed E-state index contributed by atoms with van der Waals surface area (Å²) >= 11 is 0. The van der Waals surface area contributed by atoms with Crippen LogP contribution in [0.15, 0.2) is 24.3 Å². The Bertz CT molecular complexity index is 581. The molecular formula is C18H24N2O3. The Hall–Kier alpha value is -1.88. The van der Waals surface area contributed by atoms with Gasteiger partial charge >= 0.3 is 0 Å². The van der Waals surface area contributed by atoms with Gasteiger partial charge in [-0.2, -0.15) is 0 Å². The Balaban J connectivity index is 1.78. The average molecular weight is 316 g/mol. The zero-order valence-corrected chi connectivity index (χ0v) is 13.7. The molecular weight excluding hydrogens is 292 g/mol. The second-order valence-corrected chi connectivity index (χ2v) is 6.32. The Kier molecular flexibility index (Phi) is 4.96. The van der Waals surface area contributed by atoms with Gasteiger partial charge in [-0.1, -0.05) is 17.7 Å². The van der Waals surface area contributed by atoms with E-state index in [9.17, 15) is 9.59 Å². The standard InChI is InChI=1S/C18H24N2O3/c1-14-5-4-6-15(13-14)17(21)20-8-3-2-7-16(20)18(22)19-9-11-23-12-10-19/h4-6,13,16H,2-3,7-12H2,1H3/t16-/m0/s1. The zero-order chi connectivity index (χ0) is 16.2. The number of ether oxygens (including phenoxy) is 1. The smallest absolute Gasteiger partial charge is 0.254 e. The van der Waals surface area contributed by atoms with Crippen LogP contribution in [0.4, 0.5) is 0 Å². The minimum atomic E-state index is -0.324. The van der Waals surface area contributed by atoms with Gasteiger partial charge in [0.15, 0.2) is 0 Å². The maximum atomic E-state index is 12.9. The van der Waals surface area contributed by atoms with Crippen molar-refractivity contribution in [2.24, 2.45) is 0 Å². The fraction of sp³-hybridized carbons (Fsp3) is 0.556. The summed E-state index contributed by atoms with van der Waals surface area (Å²) in [6.07, 6.45) is 2.72. The van der Waals surface area contributed by atoms with Gasteiger partial charge in [0.25, 0.3) is 5.91 Å². The van der Waals surface area contributed by atoms with E-state index in [4.69, 9.17) is 4.74 Å². The number of rotatable bonds is 2. The number of piperidine rings is 1. The van der Waals surface area contributed by atoms with Gasteiger partial charge in [-0.15, -0.1) is 0 Å². The fourth-order valence-electron chi connectivity index (χ4n) is 3.37. The lowest BCUT2D eigenvalue weighted by atomic mass is 9.99. The number of hydrogen-bond acceptors (Lipinski definition) is 3. The van der Waals surface area contributed by atoms with Gasteiger partial charge in [-0.3, -0.25) is 9.59 Å². The van der Waals surface area contributed by atoms with Gasteiger partial charge in [0.05, 0.1) is 13.2 Å². The van der Waals surface area contributed by atoms with Crippen LogP contribution >= 0.6 is 0 Å². The molecule has 0 spiro atoms. The maximum Gasteiger partial charge on any atom is 0.254 e. The largest absolute Gasteiger partial charge is 0.378 e. The molecule has 2 saturated heterocycles. The summed E-state index contributed by atoms with van der Waals surface area (Å²) in [4.78, 5) is 29.3. The third-order valence-electron chi connectivity index (χ3n) is 4.64. The van der Waals surface area contributed by atoms with Crippen molar-refractivity contribution in [1.29, 1.82) is 0 Å². The number of likely N-dealkylation sites (tertiary alicyclic amines) is 1. The van der Waals surface area contributed by atoms with Gasteiger partial charge in [0.1, 0.15) is 6.04 Å². The molecule has 3 rings (SSSR count). The lowest BCUT2D eigenvalue weighted by Crippen LogP contribution is -2.55. The van der Waals surface area contributed by atoms with Crippen LogP contribution in [-0.4, -0.2) is 60.5 Å². The molecule has 1 atom stereocenters. The molecule has 2 fully saturated rings. The number of morpholine rings is 1. The van der Waals surface area contributed by atoms with E-state index in [1.807, 2.05) is 36.1 Å². The molecule has 1 aromatic rings. The third-order valence-corrected chi connectivity index (χ3v) is 4.64. The summed E-state index contributed by atoms with van der Waals surface area (Å²) in [7, 11) is 0. The molecule has 0 unspecified atom stereocenters. The average Bonchev–Trinajstić information content (AvgIpc) is 2.61. The van der Waals surface area contributed by atoms with Crippen molar-refractivity contribution >= 4 is 11.8 Å². The molecule has 0 saturated carbocycles. The van der Waals surface area contributed by atoms with Crippen LogP contribution in [-0.2, 0) is 9.53 Å². The number of aryl methyl sites for hydroxylation is 1. The molecule has 5 heteroatoms. The molecule has 0 radical (unpaired) electrons. The molecule has 5 nitrogen and oxygen atoms in total. The Morgan fingerprint density at radius 3 is 2.65 bits per heavy atom. The SMILES string of the molecule is Cc1cccc(C(=O)N2CCCC[C@H]2C(=O)N2CCOCC2)c1. The van der Waals surface area contributed by atoms with Crippen LogP contribution in [0.25, 0.3) is 0 Å². The molecule has 2 aliphatic rings. The maximum absolute atomic E-state index is 12.9. The lowest BCUT2D eigenvalue weighted by molar-refractivity contribution is -0.141. The minimum absolute atomic E-state index is 0.0278. The van der Waals surface area contributed by atoms with Gasteiger partial charge in [-0.25, -0.2) is 0 Å². The molecule has 0 N–H and O–H groups in total. The van der Waals surface area contributed by atoms with Crippen LogP contribution in [0.5, 0.6) is 0 Å². The summed E-state index contributed by atoms with van der Waals surface area (Å²) < 4.78 is 5.32. The van der Waals surface area contributed by atoms with E-state index in [1.54, 1.807) is 4.90 Å². The topological polar surface area (TPSA) is 49.9 Å². The van der Waals surface area contributed by atoms with Crippen LogP contribution < -0.4 is 0 Å². The summed E-state index contributed by atoms with van der Waals surface area (Å²) in [6, 6.07) is 7.28.